The molecule has 0 aromatic carbocycles. The van der Waals surface area contributed by atoms with Crippen molar-refractivity contribution in [3.8, 4) is 0 Å². The van der Waals surface area contributed by atoms with Crippen molar-refractivity contribution < 1.29 is 4.79 Å². The van der Waals surface area contributed by atoms with Crippen LogP contribution in [0.4, 0.5) is 0 Å². The van der Waals surface area contributed by atoms with E-state index in [1.807, 2.05) is 22.8 Å². The Morgan fingerprint density at radius 3 is 2.81 bits per heavy atom. The van der Waals surface area contributed by atoms with Gasteiger partial charge in [-0.1, -0.05) is 0 Å². The molecule has 0 saturated carbocycles. The van der Waals surface area contributed by atoms with Gasteiger partial charge in [-0.2, -0.15) is 5.10 Å². The molecule has 1 unspecified atom stereocenters. The van der Waals surface area contributed by atoms with E-state index < -0.39 is 0 Å². The summed E-state index contributed by atoms with van der Waals surface area (Å²) in [5.74, 6) is 0.327. The number of hydrogen-bond acceptors (Lipinski definition) is 3. The molecule has 0 bridgehead atoms. The Kier molecular flexibility index (Phi) is 4.02. The second kappa shape index (κ2) is 5.79. The Hall–Kier alpha value is -1.36. The van der Waals surface area contributed by atoms with E-state index in [4.69, 9.17) is 0 Å². The summed E-state index contributed by atoms with van der Waals surface area (Å²) in [7, 11) is 2.00. The molecule has 5 nitrogen and oxygen atoms in total. The van der Waals surface area contributed by atoms with E-state index in [0.29, 0.717) is 5.91 Å². The standard InChI is InChI=1S/C16H26N4O/c1-3-20-13-14(11-17-20)12-19-9-4-6-16(8-10-19)7-5-15(21)18(16)2/h11,13H,3-10,12H2,1-2H3. The zero-order valence-corrected chi connectivity index (χ0v) is 13.2. The van der Waals surface area contributed by atoms with Crippen molar-refractivity contribution in [2.24, 2.45) is 0 Å². The van der Waals surface area contributed by atoms with Crippen molar-refractivity contribution in [1.82, 2.24) is 19.6 Å². The molecule has 2 saturated heterocycles. The van der Waals surface area contributed by atoms with Crippen molar-refractivity contribution in [3.63, 3.8) is 0 Å². The number of amides is 1. The van der Waals surface area contributed by atoms with Crippen LogP contribution >= 0.6 is 0 Å². The SMILES string of the molecule is CCn1cc(CN2CCCC3(CCC(=O)N3C)CC2)cn1. The smallest absolute Gasteiger partial charge is 0.222 e. The molecule has 1 atom stereocenters. The Morgan fingerprint density at radius 1 is 1.29 bits per heavy atom. The molecule has 2 aliphatic heterocycles. The summed E-state index contributed by atoms with van der Waals surface area (Å²) in [6, 6.07) is 0. The van der Waals surface area contributed by atoms with Gasteiger partial charge in [0.25, 0.3) is 0 Å². The molecular weight excluding hydrogens is 264 g/mol. The molecule has 0 radical (unpaired) electrons. The fourth-order valence-corrected chi connectivity index (χ4v) is 3.84. The van der Waals surface area contributed by atoms with Crippen LogP contribution < -0.4 is 0 Å². The van der Waals surface area contributed by atoms with Gasteiger partial charge in [0.1, 0.15) is 0 Å². The number of nitrogens with zero attached hydrogens (tertiary/aromatic N) is 4. The maximum atomic E-state index is 11.9. The lowest BCUT2D eigenvalue weighted by Gasteiger charge is -2.35. The first-order chi connectivity index (χ1) is 10.1. The maximum absolute atomic E-state index is 11.9. The Labute approximate surface area is 126 Å². The van der Waals surface area contributed by atoms with E-state index >= 15 is 0 Å². The number of likely N-dealkylation sites (tertiary alicyclic amines) is 2. The van der Waals surface area contributed by atoms with Crippen LogP contribution in [0.25, 0.3) is 0 Å². The molecule has 1 aromatic heterocycles. The number of rotatable bonds is 3. The summed E-state index contributed by atoms with van der Waals surface area (Å²) in [6.07, 6.45) is 9.35. The van der Waals surface area contributed by atoms with Crippen LogP contribution in [0.15, 0.2) is 12.4 Å². The molecule has 21 heavy (non-hydrogen) atoms. The lowest BCUT2D eigenvalue weighted by molar-refractivity contribution is -0.129. The van der Waals surface area contributed by atoms with E-state index in [0.717, 1.165) is 51.9 Å². The largest absolute Gasteiger partial charge is 0.340 e. The first-order valence-electron chi connectivity index (χ1n) is 8.13. The minimum absolute atomic E-state index is 0.138. The highest BCUT2D eigenvalue weighted by molar-refractivity contribution is 5.79. The van der Waals surface area contributed by atoms with Gasteiger partial charge in [0, 0.05) is 50.4 Å². The van der Waals surface area contributed by atoms with Gasteiger partial charge >= 0.3 is 0 Å². The molecule has 3 rings (SSSR count). The third kappa shape index (κ3) is 2.84. The molecule has 116 valence electrons. The first-order valence-corrected chi connectivity index (χ1v) is 8.13. The molecule has 5 heteroatoms. The van der Waals surface area contributed by atoms with Crippen LogP contribution in [0, 0.1) is 0 Å². The fraction of sp³-hybridized carbons (Fsp3) is 0.750. The second-order valence-corrected chi connectivity index (χ2v) is 6.51. The van der Waals surface area contributed by atoms with E-state index in [9.17, 15) is 4.79 Å². The van der Waals surface area contributed by atoms with E-state index in [1.54, 1.807) is 0 Å². The van der Waals surface area contributed by atoms with Gasteiger partial charge in [0.2, 0.25) is 5.91 Å². The predicted molar refractivity (Wildman–Crippen MR) is 81.8 cm³/mol. The molecule has 0 N–H and O–H groups in total. The average Bonchev–Trinajstić information content (AvgIpc) is 2.97. The number of hydrogen-bond donors (Lipinski definition) is 0. The number of aromatic nitrogens is 2. The van der Waals surface area contributed by atoms with Crippen molar-refractivity contribution in [1.29, 1.82) is 0 Å². The summed E-state index contributed by atoms with van der Waals surface area (Å²) in [5.41, 5.74) is 1.43. The minimum Gasteiger partial charge on any atom is -0.340 e. The molecule has 1 aromatic rings. The molecule has 2 aliphatic rings. The van der Waals surface area contributed by atoms with Crippen molar-refractivity contribution in [3.05, 3.63) is 18.0 Å². The molecule has 2 fully saturated rings. The summed E-state index contributed by atoms with van der Waals surface area (Å²) < 4.78 is 1.98. The first kappa shape index (κ1) is 14.6. The fourth-order valence-electron chi connectivity index (χ4n) is 3.84. The lowest BCUT2D eigenvalue weighted by atomic mass is 9.88. The van der Waals surface area contributed by atoms with Gasteiger partial charge in [-0.3, -0.25) is 14.4 Å². The number of carbonyl (C=O) groups excluding carboxylic acids is 1. The third-order valence-electron chi connectivity index (χ3n) is 5.32. The van der Waals surface area contributed by atoms with Gasteiger partial charge < -0.3 is 4.90 Å². The average molecular weight is 290 g/mol. The van der Waals surface area contributed by atoms with Crippen LogP contribution in [0.3, 0.4) is 0 Å². The normalized spacial score (nSPS) is 27.5. The van der Waals surface area contributed by atoms with Gasteiger partial charge in [0.05, 0.1) is 6.20 Å². The van der Waals surface area contributed by atoms with E-state index in [2.05, 4.69) is 23.1 Å². The summed E-state index contributed by atoms with van der Waals surface area (Å²) in [4.78, 5) is 16.4. The van der Waals surface area contributed by atoms with Crippen molar-refractivity contribution in [2.45, 2.75) is 57.7 Å². The summed E-state index contributed by atoms with van der Waals surface area (Å²) >= 11 is 0. The van der Waals surface area contributed by atoms with Gasteiger partial charge in [0.15, 0.2) is 0 Å². The van der Waals surface area contributed by atoms with Gasteiger partial charge in [-0.05, 0) is 39.2 Å². The van der Waals surface area contributed by atoms with Crippen LogP contribution in [-0.2, 0) is 17.9 Å². The number of aryl methyl sites for hydroxylation is 1. The Balaban J connectivity index is 1.62. The van der Waals surface area contributed by atoms with Crippen molar-refractivity contribution in [2.75, 3.05) is 20.1 Å². The third-order valence-corrected chi connectivity index (χ3v) is 5.32. The van der Waals surface area contributed by atoms with Crippen LogP contribution in [0.1, 0.15) is 44.6 Å². The molecule has 0 aliphatic carbocycles. The van der Waals surface area contributed by atoms with E-state index in [1.165, 1.54) is 12.0 Å². The zero-order chi connectivity index (χ0) is 14.9. The zero-order valence-electron chi connectivity index (χ0n) is 13.2. The highest BCUT2D eigenvalue weighted by Gasteiger charge is 2.43. The highest BCUT2D eigenvalue weighted by atomic mass is 16.2. The van der Waals surface area contributed by atoms with Gasteiger partial charge in [-0.25, -0.2) is 0 Å². The quantitative estimate of drug-likeness (QED) is 0.853. The predicted octanol–water partition coefficient (Wildman–Crippen LogP) is 1.88. The van der Waals surface area contributed by atoms with Crippen LogP contribution in [0.2, 0.25) is 0 Å². The molecule has 1 spiro atoms. The van der Waals surface area contributed by atoms with Gasteiger partial charge in [-0.15, -0.1) is 0 Å². The highest BCUT2D eigenvalue weighted by Crippen LogP contribution is 2.38. The summed E-state index contributed by atoms with van der Waals surface area (Å²) in [5, 5.41) is 4.35. The topological polar surface area (TPSA) is 41.4 Å². The van der Waals surface area contributed by atoms with Crippen LogP contribution in [-0.4, -0.2) is 51.2 Å². The molecular formula is C16H26N4O. The Morgan fingerprint density at radius 2 is 2.14 bits per heavy atom. The maximum Gasteiger partial charge on any atom is 0.222 e. The molecule has 1 amide bonds. The molecule has 3 heterocycles. The monoisotopic (exact) mass is 290 g/mol. The summed E-state index contributed by atoms with van der Waals surface area (Å²) in [6.45, 7) is 6.22. The number of carbonyl (C=O) groups is 1. The Bertz CT molecular complexity index is 512. The van der Waals surface area contributed by atoms with Crippen LogP contribution in [0.5, 0.6) is 0 Å². The second-order valence-electron chi connectivity index (χ2n) is 6.51. The van der Waals surface area contributed by atoms with E-state index in [-0.39, 0.29) is 5.54 Å². The van der Waals surface area contributed by atoms with Crippen molar-refractivity contribution >= 4 is 5.91 Å². The lowest BCUT2D eigenvalue weighted by Crippen LogP contribution is -2.43. The minimum atomic E-state index is 0.138.